The van der Waals surface area contributed by atoms with Crippen molar-refractivity contribution in [1.29, 1.82) is 0 Å². The van der Waals surface area contributed by atoms with Gasteiger partial charge in [-0.1, -0.05) is 0 Å². The Morgan fingerprint density at radius 2 is 2.00 bits per heavy atom. The van der Waals surface area contributed by atoms with Crippen LogP contribution in [0.2, 0.25) is 0 Å². The second-order valence-electron chi connectivity index (χ2n) is 6.38. The lowest BCUT2D eigenvalue weighted by Crippen LogP contribution is -2.13. The van der Waals surface area contributed by atoms with Gasteiger partial charge in [0.15, 0.2) is 0 Å². The van der Waals surface area contributed by atoms with E-state index in [1.807, 2.05) is 30.5 Å². The fraction of sp³-hybridized carbons (Fsp3) is 0.316. The Morgan fingerprint density at radius 1 is 1.21 bits per heavy atom. The molecule has 0 atom stereocenters. The Kier molecular flexibility index (Phi) is 8.00. The van der Waals surface area contributed by atoms with Gasteiger partial charge in [0.05, 0.1) is 5.01 Å². The number of aryl methyl sites for hydroxylation is 1. The summed E-state index contributed by atoms with van der Waals surface area (Å²) < 4.78 is 2.30. The minimum Gasteiger partial charge on any atom is -0.330 e. The summed E-state index contributed by atoms with van der Waals surface area (Å²) in [6.45, 7) is 1.56. The van der Waals surface area contributed by atoms with E-state index >= 15 is 0 Å². The molecule has 0 radical (unpaired) electrons. The van der Waals surface area contributed by atoms with Gasteiger partial charge in [-0.2, -0.15) is 0 Å². The predicted molar refractivity (Wildman–Crippen MR) is 118 cm³/mol. The summed E-state index contributed by atoms with van der Waals surface area (Å²) in [4.78, 5) is 21.2. The third kappa shape index (κ3) is 4.72. The molecule has 0 bridgehead atoms. The van der Waals surface area contributed by atoms with Crippen LogP contribution in [0, 0.1) is 0 Å². The highest BCUT2D eigenvalue weighted by molar-refractivity contribution is 7.09. The number of benzene rings is 1. The van der Waals surface area contributed by atoms with E-state index in [0.717, 1.165) is 35.0 Å². The van der Waals surface area contributed by atoms with E-state index in [0.29, 0.717) is 18.7 Å². The first-order valence-corrected chi connectivity index (χ1v) is 9.73. The average Bonchev–Trinajstić information content (AvgIpc) is 3.30. The van der Waals surface area contributed by atoms with Crippen molar-refractivity contribution in [2.75, 3.05) is 11.9 Å². The standard InChI is InChI=1S/C19H21N5OS.2ClH/c20-9-8-17-23-16(12-26-17)19(25)22-14-6-4-13(5-7-14)18-21-11-15-3-1-2-10-24(15)18;;/h4-7,11-12H,1-3,8-10,20H2,(H,22,25);2*1H. The van der Waals surface area contributed by atoms with Crippen LogP contribution in [0.3, 0.4) is 0 Å². The number of nitrogens with two attached hydrogens (primary N) is 1. The molecule has 0 unspecified atom stereocenters. The maximum Gasteiger partial charge on any atom is 0.275 e. The summed E-state index contributed by atoms with van der Waals surface area (Å²) in [6.07, 6.45) is 6.21. The number of hydrogen-bond acceptors (Lipinski definition) is 5. The Morgan fingerprint density at radius 3 is 2.75 bits per heavy atom. The molecule has 4 rings (SSSR count). The zero-order chi connectivity index (χ0) is 17.9. The summed E-state index contributed by atoms with van der Waals surface area (Å²) in [5.41, 5.74) is 9.08. The summed E-state index contributed by atoms with van der Waals surface area (Å²) in [5.74, 6) is 0.805. The third-order valence-electron chi connectivity index (χ3n) is 4.55. The highest BCUT2D eigenvalue weighted by Crippen LogP contribution is 2.25. The lowest BCUT2D eigenvalue weighted by Gasteiger charge is -2.16. The van der Waals surface area contributed by atoms with Crippen molar-refractivity contribution in [2.45, 2.75) is 32.2 Å². The fourth-order valence-electron chi connectivity index (χ4n) is 3.22. The van der Waals surface area contributed by atoms with Gasteiger partial charge in [0.1, 0.15) is 11.5 Å². The number of aromatic nitrogens is 3. The van der Waals surface area contributed by atoms with E-state index in [9.17, 15) is 4.79 Å². The van der Waals surface area contributed by atoms with Gasteiger partial charge in [-0.05, 0) is 50.1 Å². The van der Waals surface area contributed by atoms with Gasteiger partial charge in [0, 0.05) is 41.5 Å². The average molecular weight is 440 g/mol. The summed E-state index contributed by atoms with van der Waals surface area (Å²) in [7, 11) is 0. The third-order valence-corrected chi connectivity index (χ3v) is 5.46. The maximum absolute atomic E-state index is 12.3. The first-order valence-electron chi connectivity index (χ1n) is 8.85. The molecule has 0 saturated heterocycles. The fourth-order valence-corrected chi connectivity index (χ4v) is 4.01. The number of fused-ring (bicyclic) bond motifs is 1. The van der Waals surface area contributed by atoms with Crippen LogP contribution in [0.25, 0.3) is 11.4 Å². The molecule has 150 valence electrons. The molecule has 9 heteroatoms. The van der Waals surface area contributed by atoms with E-state index in [1.165, 1.54) is 29.9 Å². The lowest BCUT2D eigenvalue weighted by molar-refractivity contribution is 0.102. The van der Waals surface area contributed by atoms with Crippen molar-refractivity contribution in [3.63, 3.8) is 0 Å². The number of anilines is 1. The number of rotatable bonds is 5. The number of carbonyl (C=O) groups excluding carboxylic acids is 1. The van der Waals surface area contributed by atoms with Crippen molar-refractivity contribution < 1.29 is 4.79 Å². The largest absolute Gasteiger partial charge is 0.330 e. The Balaban J connectivity index is 0.00000140. The van der Waals surface area contributed by atoms with E-state index in [-0.39, 0.29) is 30.7 Å². The number of imidazole rings is 1. The van der Waals surface area contributed by atoms with Gasteiger partial charge in [0.25, 0.3) is 5.91 Å². The number of nitrogens with zero attached hydrogens (tertiary/aromatic N) is 3. The Labute approximate surface area is 180 Å². The molecule has 0 spiro atoms. The van der Waals surface area contributed by atoms with Crippen molar-refractivity contribution in [1.82, 2.24) is 14.5 Å². The normalized spacial score (nSPS) is 12.5. The molecule has 1 aliphatic rings. The molecule has 3 N–H and O–H groups in total. The Bertz CT molecular complexity index is 923. The number of hydrogen-bond donors (Lipinski definition) is 2. The summed E-state index contributed by atoms with van der Waals surface area (Å²) in [6, 6.07) is 7.82. The van der Waals surface area contributed by atoms with Crippen molar-refractivity contribution in [3.8, 4) is 11.4 Å². The zero-order valence-electron chi connectivity index (χ0n) is 15.3. The van der Waals surface area contributed by atoms with Gasteiger partial charge in [-0.15, -0.1) is 36.2 Å². The van der Waals surface area contributed by atoms with Crippen LogP contribution in [0.1, 0.15) is 34.0 Å². The number of amides is 1. The topological polar surface area (TPSA) is 85.8 Å². The number of thiazole rings is 1. The molecule has 1 aliphatic heterocycles. The number of nitrogens with one attached hydrogen (secondary N) is 1. The lowest BCUT2D eigenvalue weighted by atomic mass is 10.1. The van der Waals surface area contributed by atoms with Crippen LogP contribution in [0.15, 0.2) is 35.8 Å². The van der Waals surface area contributed by atoms with Crippen molar-refractivity contribution in [3.05, 3.63) is 52.2 Å². The smallest absolute Gasteiger partial charge is 0.275 e. The van der Waals surface area contributed by atoms with Gasteiger partial charge in [0.2, 0.25) is 0 Å². The molecule has 1 amide bonds. The molecular weight excluding hydrogens is 417 g/mol. The molecule has 28 heavy (non-hydrogen) atoms. The molecule has 3 aromatic rings. The van der Waals surface area contributed by atoms with Crippen LogP contribution in [-0.2, 0) is 19.4 Å². The minimum absolute atomic E-state index is 0. The molecular formula is C19H23Cl2N5OS. The molecule has 0 aliphatic carbocycles. The summed E-state index contributed by atoms with van der Waals surface area (Å²) in [5, 5.41) is 5.55. The Hall–Kier alpha value is -1.93. The first kappa shape index (κ1) is 22.4. The van der Waals surface area contributed by atoms with E-state index in [2.05, 4.69) is 19.9 Å². The predicted octanol–water partition coefficient (Wildman–Crippen LogP) is 3.94. The molecule has 6 nitrogen and oxygen atoms in total. The first-order chi connectivity index (χ1) is 12.7. The van der Waals surface area contributed by atoms with Crippen LogP contribution < -0.4 is 11.1 Å². The zero-order valence-corrected chi connectivity index (χ0v) is 17.7. The number of halogens is 2. The monoisotopic (exact) mass is 439 g/mol. The second kappa shape index (κ2) is 10.0. The highest BCUT2D eigenvalue weighted by atomic mass is 35.5. The van der Waals surface area contributed by atoms with Crippen LogP contribution >= 0.6 is 36.2 Å². The number of carbonyl (C=O) groups is 1. The molecule has 2 aromatic heterocycles. The molecule has 1 aromatic carbocycles. The van der Waals surface area contributed by atoms with Gasteiger partial charge >= 0.3 is 0 Å². The molecule has 0 fully saturated rings. The van der Waals surface area contributed by atoms with E-state index in [1.54, 1.807) is 5.38 Å². The highest BCUT2D eigenvalue weighted by Gasteiger charge is 2.15. The molecule has 3 heterocycles. The van der Waals surface area contributed by atoms with Crippen LogP contribution in [0.4, 0.5) is 5.69 Å². The van der Waals surface area contributed by atoms with Gasteiger partial charge in [-0.3, -0.25) is 4.79 Å². The van der Waals surface area contributed by atoms with Gasteiger partial charge in [-0.25, -0.2) is 9.97 Å². The van der Waals surface area contributed by atoms with Crippen molar-refractivity contribution >= 4 is 47.7 Å². The molecule has 0 saturated carbocycles. The SMILES string of the molecule is Cl.Cl.NCCc1nc(C(=O)Nc2ccc(-c3ncc4n3CCCC4)cc2)cs1. The quantitative estimate of drug-likeness (QED) is 0.629. The van der Waals surface area contributed by atoms with Crippen LogP contribution in [0.5, 0.6) is 0 Å². The van der Waals surface area contributed by atoms with E-state index < -0.39 is 0 Å². The van der Waals surface area contributed by atoms with Gasteiger partial charge < -0.3 is 15.6 Å². The van der Waals surface area contributed by atoms with Crippen molar-refractivity contribution in [2.24, 2.45) is 5.73 Å². The maximum atomic E-state index is 12.3. The summed E-state index contributed by atoms with van der Waals surface area (Å²) >= 11 is 1.46. The van der Waals surface area contributed by atoms with Crippen LogP contribution in [-0.4, -0.2) is 27.0 Å². The minimum atomic E-state index is -0.199. The van der Waals surface area contributed by atoms with E-state index in [4.69, 9.17) is 5.73 Å². The second-order valence-corrected chi connectivity index (χ2v) is 7.32.